The second-order valence-electron chi connectivity index (χ2n) is 5.47. The van der Waals surface area contributed by atoms with Crippen LogP contribution >= 0.6 is 15.9 Å². The van der Waals surface area contributed by atoms with Crippen LogP contribution in [0.3, 0.4) is 0 Å². The molecule has 1 aliphatic heterocycles. The molecule has 0 saturated heterocycles. The second kappa shape index (κ2) is 5.23. The van der Waals surface area contributed by atoms with E-state index in [9.17, 15) is 0 Å². The van der Waals surface area contributed by atoms with E-state index >= 15 is 0 Å². The molecule has 0 spiro atoms. The maximum absolute atomic E-state index is 6.30. The van der Waals surface area contributed by atoms with Gasteiger partial charge < -0.3 is 10.5 Å². The molecule has 2 aromatic rings. The normalized spacial score (nSPS) is 21.2. The van der Waals surface area contributed by atoms with Gasteiger partial charge in [0.15, 0.2) is 0 Å². The minimum absolute atomic E-state index is 0.0264. The zero-order valence-corrected chi connectivity index (χ0v) is 13.3. The van der Waals surface area contributed by atoms with Crippen LogP contribution in [0.2, 0.25) is 0 Å². The molecule has 2 aromatic carbocycles. The van der Waals surface area contributed by atoms with Gasteiger partial charge in [0.1, 0.15) is 11.9 Å². The second-order valence-corrected chi connectivity index (χ2v) is 6.39. The van der Waals surface area contributed by atoms with Crippen LogP contribution in [0.4, 0.5) is 0 Å². The first kappa shape index (κ1) is 13.7. The van der Waals surface area contributed by atoms with Gasteiger partial charge in [-0.15, -0.1) is 0 Å². The van der Waals surface area contributed by atoms with Crippen molar-refractivity contribution in [1.82, 2.24) is 0 Å². The fourth-order valence-corrected chi connectivity index (χ4v) is 2.98. The lowest BCUT2D eigenvalue weighted by Crippen LogP contribution is -2.24. The summed E-state index contributed by atoms with van der Waals surface area (Å²) in [5, 5.41) is 0. The maximum Gasteiger partial charge on any atom is 0.126 e. The van der Waals surface area contributed by atoms with Crippen LogP contribution in [0.25, 0.3) is 0 Å². The van der Waals surface area contributed by atoms with Crippen molar-refractivity contribution < 1.29 is 4.74 Å². The number of benzene rings is 2. The van der Waals surface area contributed by atoms with Gasteiger partial charge >= 0.3 is 0 Å². The molecule has 1 aliphatic rings. The molecule has 0 aliphatic carbocycles. The summed E-state index contributed by atoms with van der Waals surface area (Å²) in [7, 11) is 0. The number of hydrogen-bond donors (Lipinski definition) is 1. The summed E-state index contributed by atoms with van der Waals surface area (Å²) in [5.74, 6) is 0.890. The van der Waals surface area contributed by atoms with E-state index in [0.29, 0.717) is 0 Å². The number of hydrogen-bond acceptors (Lipinski definition) is 2. The van der Waals surface area contributed by atoms with Gasteiger partial charge in [-0.1, -0.05) is 40.2 Å². The molecular weight excluding hydrogens is 314 g/mol. The van der Waals surface area contributed by atoms with Crippen molar-refractivity contribution in [2.24, 2.45) is 5.73 Å². The van der Waals surface area contributed by atoms with Crippen LogP contribution in [0.15, 0.2) is 40.9 Å². The minimum Gasteiger partial charge on any atom is -0.485 e. The molecule has 2 nitrogen and oxygen atoms in total. The molecule has 2 N–H and O–H groups in total. The van der Waals surface area contributed by atoms with Crippen LogP contribution in [0, 0.1) is 13.8 Å². The van der Waals surface area contributed by atoms with E-state index in [2.05, 4.69) is 48.0 Å². The zero-order valence-electron chi connectivity index (χ0n) is 11.7. The highest BCUT2D eigenvalue weighted by atomic mass is 79.9. The smallest absolute Gasteiger partial charge is 0.126 e. The van der Waals surface area contributed by atoms with E-state index in [1.54, 1.807) is 0 Å². The van der Waals surface area contributed by atoms with E-state index in [4.69, 9.17) is 10.5 Å². The SMILES string of the molecule is Cc1ccc(C2C[C@@H](N)c3ccc(Br)cc3O2)cc1C. The van der Waals surface area contributed by atoms with Crippen LogP contribution < -0.4 is 10.5 Å². The van der Waals surface area contributed by atoms with Crippen LogP contribution in [0.5, 0.6) is 5.75 Å². The van der Waals surface area contributed by atoms with Crippen LogP contribution in [-0.2, 0) is 0 Å². The fourth-order valence-electron chi connectivity index (χ4n) is 2.64. The third kappa shape index (κ3) is 2.48. The lowest BCUT2D eigenvalue weighted by atomic mass is 9.92. The Kier molecular flexibility index (Phi) is 3.57. The van der Waals surface area contributed by atoms with Crippen molar-refractivity contribution in [3.05, 3.63) is 63.1 Å². The molecule has 3 rings (SSSR count). The fraction of sp³-hybridized carbons (Fsp3) is 0.294. The topological polar surface area (TPSA) is 35.2 Å². The number of halogens is 1. The molecule has 0 saturated carbocycles. The largest absolute Gasteiger partial charge is 0.485 e. The van der Waals surface area contributed by atoms with E-state index < -0.39 is 0 Å². The van der Waals surface area contributed by atoms with Gasteiger partial charge in [-0.05, 0) is 42.7 Å². The third-order valence-corrected chi connectivity index (χ3v) is 4.51. The quantitative estimate of drug-likeness (QED) is 0.829. The van der Waals surface area contributed by atoms with Gasteiger partial charge in [0, 0.05) is 22.5 Å². The molecule has 104 valence electrons. The van der Waals surface area contributed by atoms with E-state index in [0.717, 1.165) is 22.2 Å². The van der Waals surface area contributed by atoms with Gasteiger partial charge in [0.25, 0.3) is 0 Å². The molecule has 0 radical (unpaired) electrons. The zero-order chi connectivity index (χ0) is 14.3. The van der Waals surface area contributed by atoms with Gasteiger partial charge in [0.05, 0.1) is 0 Å². The number of nitrogens with two attached hydrogens (primary N) is 1. The number of ether oxygens (including phenoxy) is 1. The Hall–Kier alpha value is -1.32. The first-order valence-electron chi connectivity index (χ1n) is 6.83. The highest BCUT2D eigenvalue weighted by Gasteiger charge is 2.27. The standard InChI is InChI=1S/C17H18BrNO/c1-10-3-4-12(7-11(10)2)16-9-15(19)14-6-5-13(18)8-17(14)20-16/h3-8,15-16H,9,19H2,1-2H3/t15-,16?/m1/s1. The lowest BCUT2D eigenvalue weighted by molar-refractivity contribution is 0.161. The van der Waals surface area contributed by atoms with Crippen molar-refractivity contribution in [2.75, 3.05) is 0 Å². The lowest BCUT2D eigenvalue weighted by Gasteiger charge is -2.31. The van der Waals surface area contributed by atoms with Gasteiger partial charge in [-0.25, -0.2) is 0 Å². The Bertz CT molecular complexity index is 653. The predicted octanol–water partition coefficient (Wildman–Crippen LogP) is 4.59. The van der Waals surface area contributed by atoms with Crippen molar-refractivity contribution >= 4 is 15.9 Å². The summed E-state index contributed by atoms with van der Waals surface area (Å²) in [4.78, 5) is 0. The van der Waals surface area contributed by atoms with Crippen LogP contribution in [0.1, 0.15) is 40.8 Å². The molecule has 2 atom stereocenters. The Balaban J connectivity index is 1.96. The first-order chi connectivity index (χ1) is 9.54. The van der Waals surface area contributed by atoms with Crippen LogP contribution in [-0.4, -0.2) is 0 Å². The summed E-state index contributed by atoms with van der Waals surface area (Å²) in [5.41, 5.74) is 11.2. The molecular formula is C17H18BrNO. The molecule has 1 heterocycles. The molecule has 1 unspecified atom stereocenters. The van der Waals surface area contributed by atoms with Crippen molar-refractivity contribution in [2.45, 2.75) is 32.4 Å². The van der Waals surface area contributed by atoms with Gasteiger partial charge in [0.2, 0.25) is 0 Å². The Morgan fingerprint density at radius 2 is 1.90 bits per heavy atom. The van der Waals surface area contributed by atoms with Gasteiger partial charge in [-0.2, -0.15) is 0 Å². The first-order valence-corrected chi connectivity index (χ1v) is 7.63. The van der Waals surface area contributed by atoms with E-state index in [-0.39, 0.29) is 12.1 Å². The van der Waals surface area contributed by atoms with Crippen molar-refractivity contribution in [1.29, 1.82) is 0 Å². The van der Waals surface area contributed by atoms with E-state index in [1.807, 2.05) is 18.2 Å². The summed E-state index contributed by atoms with van der Waals surface area (Å²) in [6.07, 6.45) is 0.850. The van der Waals surface area contributed by atoms with Gasteiger partial charge in [-0.3, -0.25) is 0 Å². The molecule has 3 heteroatoms. The number of rotatable bonds is 1. The van der Waals surface area contributed by atoms with Crippen molar-refractivity contribution in [3.63, 3.8) is 0 Å². The maximum atomic E-state index is 6.30. The number of fused-ring (bicyclic) bond motifs is 1. The van der Waals surface area contributed by atoms with Crippen molar-refractivity contribution in [3.8, 4) is 5.75 Å². The highest BCUT2D eigenvalue weighted by molar-refractivity contribution is 9.10. The average molecular weight is 332 g/mol. The molecule has 0 fully saturated rings. The third-order valence-electron chi connectivity index (χ3n) is 4.02. The monoisotopic (exact) mass is 331 g/mol. The summed E-state index contributed by atoms with van der Waals surface area (Å²) in [6, 6.07) is 12.6. The summed E-state index contributed by atoms with van der Waals surface area (Å²) < 4.78 is 7.17. The minimum atomic E-state index is 0.0264. The Morgan fingerprint density at radius 3 is 2.65 bits per heavy atom. The predicted molar refractivity (Wildman–Crippen MR) is 85.0 cm³/mol. The molecule has 20 heavy (non-hydrogen) atoms. The summed E-state index contributed by atoms with van der Waals surface area (Å²) >= 11 is 3.49. The Morgan fingerprint density at radius 1 is 1.10 bits per heavy atom. The summed E-state index contributed by atoms with van der Waals surface area (Å²) in [6.45, 7) is 4.26. The highest BCUT2D eigenvalue weighted by Crippen LogP contribution is 2.41. The molecule has 0 amide bonds. The average Bonchev–Trinajstić information content (AvgIpc) is 2.41. The van der Waals surface area contributed by atoms with E-state index in [1.165, 1.54) is 16.7 Å². The molecule has 0 bridgehead atoms. The Labute approximate surface area is 128 Å². The molecule has 0 aromatic heterocycles. The number of aryl methyl sites for hydroxylation is 2.